The summed E-state index contributed by atoms with van der Waals surface area (Å²) in [6.07, 6.45) is 0. The number of piperazine rings is 1. The van der Waals surface area contributed by atoms with Gasteiger partial charge in [-0.15, -0.1) is 10.2 Å². The summed E-state index contributed by atoms with van der Waals surface area (Å²) in [5.74, 6) is 1.00. The Morgan fingerprint density at radius 1 is 0.853 bits per heavy atom. The number of rotatable bonds is 5. The Bertz CT molecular complexity index is 1440. The highest BCUT2D eigenvalue weighted by Crippen LogP contribution is 2.30. The van der Waals surface area contributed by atoms with Crippen molar-refractivity contribution < 1.29 is 13.2 Å². The number of hydrogen-bond donors (Lipinski definition) is 0. The fourth-order valence-corrected chi connectivity index (χ4v) is 5.99. The van der Waals surface area contributed by atoms with Crippen molar-refractivity contribution >= 4 is 38.2 Å². The average molecular weight is 495 g/mol. The highest BCUT2D eigenvalue weighted by molar-refractivity contribution is 7.89. The number of fused-ring (bicyclic) bond motifs is 1. The summed E-state index contributed by atoms with van der Waals surface area (Å²) in [4.78, 5) is 2.12. The lowest BCUT2D eigenvalue weighted by Gasteiger charge is -2.34. The van der Waals surface area contributed by atoms with Gasteiger partial charge in [0.2, 0.25) is 10.0 Å². The lowest BCUT2D eigenvalue weighted by atomic mass is 10.1. The summed E-state index contributed by atoms with van der Waals surface area (Å²) in [5.41, 5.74) is 1.80. The van der Waals surface area contributed by atoms with Gasteiger partial charge in [0, 0.05) is 36.8 Å². The van der Waals surface area contributed by atoms with Gasteiger partial charge in [-0.05, 0) is 47.2 Å². The van der Waals surface area contributed by atoms with Crippen LogP contribution in [0.5, 0.6) is 5.75 Å². The molecule has 0 radical (unpaired) electrons. The van der Waals surface area contributed by atoms with E-state index < -0.39 is 10.0 Å². The van der Waals surface area contributed by atoms with Gasteiger partial charge < -0.3 is 9.64 Å². The van der Waals surface area contributed by atoms with Gasteiger partial charge in [0.05, 0.1) is 12.8 Å². The van der Waals surface area contributed by atoms with E-state index in [0.29, 0.717) is 31.2 Å². The summed E-state index contributed by atoms with van der Waals surface area (Å²) < 4.78 is 33.1. The van der Waals surface area contributed by atoms with Crippen LogP contribution in [0.25, 0.3) is 22.0 Å². The Morgan fingerprint density at radius 3 is 2.32 bits per heavy atom. The lowest BCUT2D eigenvalue weighted by Crippen LogP contribution is -2.49. The summed E-state index contributed by atoms with van der Waals surface area (Å²) in [7, 11) is -2.29. The summed E-state index contributed by atoms with van der Waals surface area (Å²) in [6, 6.07) is 22.9. The minimum absolute atomic E-state index is 0.0791. The second-order valence-electron chi connectivity index (χ2n) is 8.03. The smallest absolute Gasteiger partial charge is 0.246 e. The maximum absolute atomic E-state index is 13.2. The highest BCUT2D eigenvalue weighted by atomic mass is 35.5. The summed E-state index contributed by atoms with van der Waals surface area (Å²) in [5, 5.41) is 11.5. The van der Waals surface area contributed by atoms with E-state index in [1.54, 1.807) is 12.1 Å². The van der Waals surface area contributed by atoms with E-state index in [-0.39, 0.29) is 10.6 Å². The van der Waals surface area contributed by atoms with E-state index in [0.717, 1.165) is 22.5 Å². The molecular weight excluding hydrogens is 472 g/mol. The van der Waals surface area contributed by atoms with Crippen LogP contribution in [0.4, 0.5) is 5.82 Å². The average Bonchev–Trinajstić information content (AvgIpc) is 2.88. The molecule has 3 aromatic carbocycles. The lowest BCUT2D eigenvalue weighted by molar-refractivity contribution is 0.373. The third-order valence-corrected chi connectivity index (χ3v) is 8.16. The molecule has 0 bridgehead atoms. The molecule has 1 saturated heterocycles. The Balaban J connectivity index is 1.30. The fraction of sp³-hybridized carbons (Fsp3) is 0.200. The molecule has 0 N–H and O–H groups in total. The first-order valence-corrected chi connectivity index (χ1v) is 12.7. The maximum Gasteiger partial charge on any atom is 0.246 e. The van der Waals surface area contributed by atoms with Gasteiger partial charge in [0.25, 0.3) is 0 Å². The van der Waals surface area contributed by atoms with Gasteiger partial charge in [-0.3, -0.25) is 0 Å². The van der Waals surface area contributed by atoms with Gasteiger partial charge in [-0.1, -0.05) is 48.0 Å². The predicted molar refractivity (Wildman–Crippen MR) is 134 cm³/mol. The molecule has 9 heteroatoms. The number of sulfonamides is 1. The van der Waals surface area contributed by atoms with Gasteiger partial charge in [-0.25, -0.2) is 8.42 Å². The van der Waals surface area contributed by atoms with Crippen molar-refractivity contribution in [1.29, 1.82) is 0 Å². The Kier molecular flexibility index (Phi) is 6.12. The largest absolute Gasteiger partial charge is 0.495 e. The second-order valence-corrected chi connectivity index (χ2v) is 10.4. The van der Waals surface area contributed by atoms with Crippen molar-refractivity contribution in [1.82, 2.24) is 14.5 Å². The molecule has 5 rings (SSSR count). The van der Waals surface area contributed by atoms with Crippen LogP contribution in [0.2, 0.25) is 5.02 Å². The summed E-state index contributed by atoms with van der Waals surface area (Å²) >= 11 is 6.05. The van der Waals surface area contributed by atoms with Gasteiger partial charge in [0.15, 0.2) is 5.82 Å². The monoisotopic (exact) mass is 494 g/mol. The van der Waals surface area contributed by atoms with Crippen LogP contribution in [0.15, 0.2) is 77.7 Å². The molecule has 1 aliphatic heterocycles. The maximum atomic E-state index is 13.2. The van der Waals surface area contributed by atoms with Crippen LogP contribution in [-0.2, 0) is 10.0 Å². The standard InChI is InChI=1S/C25H23ClN4O3S/c1-33-23-10-8-21(26)17-24(23)34(31,32)30-14-12-29(13-15-30)25-11-9-22(27-28-25)20-7-6-18-4-2-3-5-19(18)16-20/h2-11,16-17H,12-15H2,1H3. The molecule has 7 nitrogen and oxygen atoms in total. The first-order valence-electron chi connectivity index (χ1n) is 10.9. The molecule has 0 amide bonds. The number of anilines is 1. The zero-order chi connectivity index (χ0) is 23.7. The number of nitrogens with zero attached hydrogens (tertiary/aromatic N) is 4. The second kappa shape index (κ2) is 9.21. The van der Waals surface area contributed by atoms with E-state index >= 15 is 0 Å². The van der Waals surface area contributed by atoms with Crippen LogP contribution in [-0.4, -0.2) is 56.2 Å². The highest BCUT2D eigenvalue weighted by Gasteiger charge is 2.31. The van der Waals surface area contributed by atoms with Gasteiger partial charge >= 0.3 is 0 Å². The molecule has 0 aliphatic carbocycles. The number of hydrogen-bond acceptors (Lipinski definition) is 6. The van der Waals surface area contributed by atoms with Crippen molar-refractivity contribution in [3.8, 4) is 17.0 Å². The molecule has 4 aromatic rings. The number of halogens is 1. The van der Waals surface area contributed by atoms with E-state index in [1.165, 1.54) is 22.9 Å². The normalized spacial score (nSPS) is 14.9. The number of aromatic nitrogens is 2. The molecule has 0 atom stereocenters. The molecule has 0 saturated carbocycles. The molecular formula is C25H23ClN4O3S. The van der Waals surface area contributed by atoms with Crippen LogP contribution in [0.3, 0.4) is 0 Å². The van der Waals surface area contributed by atoms with E-state index in [9.17, 15) is 8.42 Å². The van der Waals surface area contributed by atoms with E-state index in [4.69, 9.17) is 16.3 Å². The zero-order valence-electron chi connectivity index (χ0n) is 18.6. The molecule has 2 heterocycles. The van der Waals surface area contributed by atoms with Crippen molar-refractivity contribution in [3.05, 3.63) is 77.8 Å². The molecule has 1 fully saturated rings. The summed E-state index contributed by atoms with van der Waals surface area (Å²) in [6.45, 7) is 1.66. The number of benzene rings is 3. The van der Waals surface area contributed by atoms with Gasteiger partial charge in [-0.2, -0.15) is 4.31 Å². The minimum atomic E-state index is -3.73. The van der Waals surface area contributed by atoms with E-state index in [1.807, 2.05) is 35.2 Å². The van der Waals surface area contributed by atoms with Gasteiger partial charge in [0.1, 0.15) is 10.6 Å². The molecule has 1 aliphatic rings. The molecule has 34 heavy (non-hydrogen) atoms. The predicted octanol–water partition coefficient (Wildman–Crippen LogP) is 4.47. The van der Waals surface area contributed by atoms with Crippen molar-refractivity contribution in [2.75, 3.05) is 38.2 Å². The molecule has 0 unspecified atom stereocenters. The molecule has 174 valence electrons. The molecule has 0 spiro atoms. The Hall–Kier alpha value is -3.20. The first-order chi connectivity index (χ1) is 16.5. The number of ether oxygens (including phenoxy) is 1. The fourth-order valence-electron chi connectivity index (χ4n) is 4.15. The van der Waals surface area contributed by atoms with Crippen LogP contribution < -0.4 is 9.64 Å². The zero-order valence-corrected chi connectivity index (χ0v) is 20.1. The van der Waals surface area contributed by atoms with Crippen molar-refractivity contribution in [2.45, 2.75) is 4.90 Å². The third-order valence-electron chi connectivity index (χ3n) is 6.00. The quantitative estimate of drug-likeness (QED) is 0.407. The minimum Gasteiger partial charge on any atom is -0.495 e. The third kappa shape index (κ3) is 4.32. The van der Waals surface area contributed by atoms with Crippen molar-refractivity contribution in [3.63, 3.8) is 0 Å². The Labute approximate surface area is 203 Å². The molecule has 1 aromatic heterocycles. The SMILES string of the molecule is COc1ccc(Cl)cc1S(=O)(=O)N1CCN(c2ccc(-c3ccc4ccccc4c3)nn2)CC1. The van der Waals surface area contributed by atoms with Crippen LogP contribution in [0.1, 0.15) is 0 Å². The van der Waals surface area contributed by atoms with Crippen molar-refractivity contribution in [2.24, 2.45) is 0 Å². The Morgan fingerprint density at radius 2 is 1.62 bits per heavy atom. The van der Waals surface area contributed by atoms with Crippen LogP contribution >= 0.6 is 11.6 Å². The number of methoxy groups -OCH3 is 1. The van der Waals surface area contributed by atoms with E-state index in [2.05, 4.69) is 34.5 Å². The topological polar surface area (TPSA) is 75.6 Å². The van der Waals surface area contributed by atoms with Crippen LogP contribution in [0, 0.1) is 0 Å². The first kappa shape index (κ1) is 22.6.